The van der Waals surface area contributed by atoms with Crippen molar-refractivity contribution in [2.24, 2.45) is 10.7 Å². The van der Waals surface area contributed by atoms with Gasteiger partial charge in [-0.3, -0.25) is 0 Å². The highest BCUT2D eigenvalue weighted by atomic mass is 16.5. The van der Waals surface area contributed by atoms with E-state index in [1.54, 1.807) is 0 Å². The molecule has 1 heterocycles. The van der Waals surface area contributed by atoms with E-state index >= 15 is 0 Å². The average molecular weight is 209 g/mol. The maximum absolute atomic E-state index is 5.89. The molecule has 0 aromatic heterocycles. The Bertz CT molecular complexity index is 269. The molecule has 2 atom stereocenters. The van der Waals surface area contributed by atoms with Gasteiger partial charge >= 0.3 is 0 Å². The van der Waals surface area contributed by atoms with E-state index in [0.717, 1.165) is 19.5 Å². The summed E-state index contributed by atoms with van der Waals surface area (Å²) in [6.07, 6.45) is 6.36. The van der Waals surface area contributed by atoms with E-state index in [9.17, 15) is 0 Å². The molecule has 1 rings (SSSR count). The molecule has 15 heavy (non-hydrogen) atoms. The minimum absolute atomic E-state index is 0.108. The Kier molecular flexibility index (Phi) is 4.44. The number of terminal acetylenes is 1. The molecule has 0 aromatic carbocycles. The summed E-state index contributed by atoms with van der Waals surface area (Å²) in [7, 11) is 0. The third-order valence-electron chi connectivity index (χ3n) is 2.43. The Morgan fingerprint density at radius 3 is 3.07 bits per heavy atom. The van der Waals surface area contributed by atoms with Gasteiger partial charge in [-0.25, -0.2) is 4.99 Å². The lowest BCUT2D eigenvalue weighted by atomic mass is 10.2. The van der Waals surface area contributed by atoms with Crippen LogP contribution in [-0.4, -0.2) is 42.7 Å². The van der Waals surface area contributed by atoms with Crippen LogP contribution in [0, 0.1) is 12.3 Å². The highest BCUT2D eigenvalue weighted by Crippen LogP contribution is 2.05. The molecule has 2 N–H and O–H groups in total. The molecule has 1 saturated heterocycles. The lowest BCUT2D eigenvalue weighted by molar-refractivity contribution is 0.00526. The summed E-state index contributed by atoms with van der Waals surface area (Å²) in [6.45, 7) is 6.31. The summed E-state index contributed by atoms with van der Waals surface area (Å²) >= 11 is 0. The molecular formula is C11H19N3O. The summed E-state index contributed by atoms with van der Waals surface area (Å²) in [4.78, 5) is 6.32. The summed E-state index contributed by atoms with van der Waals surface area (Å²) < 4.78 is 5.42. The molecular weight excluding hydrogens is 190 g/mol. The second kappa shape index (κ2) is 5.62. The number of nitrogens with zero attached hydrogens (tertiary/aromatic N) is 2. The minimum Gasteiger partial charge on any atom is -0.375 e. The Morgan fingerprint density at radius 1 is 1.80 bits per heavy atom. The predicted octanol–water partition coefficient (Wildman–Crippen LogP) is 0.434. The second-order valence-corrected chi connectivity index (χ2v) is 3.71. The van der Waals surface area contributed by atoms with Gasteiger partial charge < -0.3 is 15.4 Å². The number of nitrogens with two attached hydrogens (primary N) is 1. The molecule has 0 spiro atoms. The van der Waals surface area contributed by atoms with Gasteiger partial charge in [0.05, 0.1) is 12.7 Å². The molecule has 2 unspecified atom stereocenters. The molecule has 4 nitrogen and oxygen atoms in total. The van der Waals surface area contributed by atoms with Crippen LogP contribution in [0.1, 0.15) is 20.3 Å². The first-order chi connectivity index (χ1) is 7.17. The maximum atomic E-state index is 5.89. The molecule has 1 fully saturated rings. The van der Waals surface area contributed by atoms with Gasteiger partial charge in [-0.05, 0) is 13.3 Å². The SMILES string of the molecule is C#CC(CC)N=C(N)N1CCOC(C)C1. The van der Waals surface area contributed by atoms with Crippen molar-refractivity contribution in [2.75, 3.05) is 19.7 Å². The average Bonchev–Trinajstić information content (AvgIpc) is 2.25. The molecule has 0 amide bonds. The van der Waals surface area contributed by atoms with E-state index < -0.39 is 0 Å². The van der Waals surface area contributed by atoms with Crippen LogP contribution in [0.3, 0.4) is 0 Å². The lowest BCUT2D eigenvalue weighted by Crippen LogP contribution is -2.48. The van der Waals surface area contributed by atoms with Crippen molar-refractivity contribution >= 4 is 5.96 Å². The van der Waals surface area contributed by atoms with E-state index in [1.165, 1.54) is 0 Å². The summed E-state index contributed by atoms with van der Waals surface area (Å²) in [6, 6.07) is -0.108. The quantitative estimate of drug-likeness (QED) is 0.408. The highest BCUT2D eigenvalue weighted by molar-refractivity contribution is 5.78. The smallest absolute Gasteiger partial charge is 0.192 e. The standard InChI is InChI=1S/C11H19N3O/c1-4-10(5-2)13-11(12)14-6-7-15-9(3)8-14/h1,9-10H,5-8H2,2-3H3,(H2,12,13). The van der Waals surface area contributed by atoms with Crippen molar-refractivity contribution in [1.29, 1.82) is 0 Å². The van der Waals surface area contributed by atoms with Gasteiger partial charge in [-0.1, -0.05) is 12.8 Å². The molecule has 0 aliphatic carbocycles. The van der Waals surface area contributed by atoms with Gasteiger partial charge in [-0.15, -0.1) is 6.42 Å². The molecule has 0 aromatic rings. The van der Waals surface area contributed by atoms with Gasteiger partial charge in [0.15, 0.2) is 5.96 Å². The Balaban J connectivity index is 2.58. The number of hydrogen-bond donors (Lipinski definition) is 1. The van der Waals surface area contributed by atoms with Crippen LogP contribution >= 0.6 is 0 Å². The number of hydrogen-bond acceptors (Lipinski definition) is 2. The lowest BCUT2D eigenvalue weighted by Gasteiger charge is -2.32. The van der Waals surface area contributed by atoms with E-state index in [-0.39, 0.29) is 12.1 Å². The Labute approximate surface area is 91.5 Å². The largest absolute Gasteiger partial charge is 0.375 e. The van der Waals surface area contributed by atoms with Gasteiger partial charge in [0.25, 0.3) is 0 Å². The second-order valence-electron chi connectivity index (χ2n) is 3.71. The topological polar surface area (TPSA) is 50.8 Å². The fraction of sp³-hybridized carbons (Fsp3) is 0.727. The Hall–Kier alpha value is -1.21. The van der Waals surface area contributed by atoms with Gasteiger partial charge in [0.2, 0.25) is 0 Å². The van der Waals surface area contributed by atoms with Crippen LogP contribution in [0.25, 0.3) is 0 Å². The van der Waals surface area contributed by atoms with Crippen LogP contribution in [0.4, 0.5) is 0 Å². The monoisotopic (exact) mass is 209 g/mol. The van der Waals surface area contributed by atoms with E-state index in [2.05, 4.69) is 10.9 Å². The van der Waals surface area contributed by atoms with Crippen LogP contribution in [-0.2, 0) is 4.74 Å². The first-order valence-corrected chi connectivity index (χ1v) is 5.33. The van der Waals surface area contributed by atoms with Crippen molar-refractivity contribution in [3.63, 3.8) is 0 Å². The van der Waals surface area contributed by atoms with Crippen LogP contribution in [0.5, 0.6) is 0 Å². The molecule has 1 aliphatic heterocycles. The summed E-state index contributed by atoms with van der Waals surface area (Å²) in [5.74, 6) is 3.14. The van der Waals surface area contributed by atoms with Crippen molar-refractivity contribution in [3.8, 4) is 12.3 Å². The number of ether oxygens (including phenoxy) is 1. The normalized spacial score (nSPS) is 24.7. The third kappa shape index (κ3) is 3.45. The van der Waals surface area contributed by atoms with Crippen molar-refractivity contribution in [1.82, 2.24) is 4.90 Å². The van der Waals surface area contributed by atoms with Crippen LogP contribution in [0.2, 0.25) is 0 Å². The molecule has 84 valence electrons. The fourth-order valence-corrected chi connectivity index (χ4v) is 1.51. The number of aliphatic imine (C=N–C) groups is 1. The Morgan fingerprint density at radius 2 is 2.53 bits per heavy atom. The van der Waals surface area contributed by atoms with E-state index in [0.29, 0.717) is 12.6 Å². The zero-order valence-corrected chi connectivity index (χ0v) is 9.44. The first-order valence-electron chi connectivity index (χ1n) is 5.33. The van der Waals surface area contributed by atoms with Gasteiger partial charge in [-0.2, -0.15) is 0 Å². The zero-order chi connectivity index (χ0) is 11.3. The molecule has 0 bridgehead atoms. The molecule has 0 radical (unpaired) electrons. The molecule has 1 aliphatic rings. The number of morpholine rings is 1. The number of rotatable bonds is 2. The molecule has 0 saturated carbocycles. The van der Waals surface area contributed by atoms with E-state index in [1.807, 2.05) is 18.7 Å². The summed E-state index contributed by atoms with van der Waals surface area (Å²) in [5.41, 5.74) is 5.89. The first kappa shape index (κ1) is 11.9. The molecule has 4 heteroatoms. The maximum Gasteiger partial charge on any atom is 0.192 e. The van der Waals surface area contributed by atoms with Crippen LogP contribution < -0.4 is 5.73 Å². The fourth-order valence-electron chi connectivity index (χ4n) is 1.51. The minimum atomic E-state index is -0.108. The zero-order valence-electron chi connectivity index (χ0n) is 9.44. The summed E-state index contributed by atoms with van der Waals surface area (Å²) in [5, 5.41) is 0. The third-order valence-corrected chi connectivity index (χ3v) is 2.43. The van der Waals surface area contributed by atoms with Gasteiger partial charge in [0, 0.05) is 13.1 Å². The number of guanidine groups is 1. The van der Waals surface area contributed by atoms with Crippen molar-refractivity contribution in [2.45, 2.75) is 32.4 Å². The van der Waals surface area contributed by atoms with Crippen molar-refractivity contribution in [3.05, 3.63) is 0 Å². The van der Waals surface area contributed by atoms with Crippen LogP contribution in [0.15, 0.2) is 4.99 Å². The highest BCUT2D eigenvalue weighted by Gasteiger charge is 2.18. The van der Waals surface area contributed by atoms with Crippen molar-refractivity contribution < 1.29 is 4.74 Å². The predicted molar refractivity (Wildman–Crippen MR) is 61.5 cm³/mol. The van der Waals surface area contributed by atoms with E-state index in [4.69, 9.17) is 16.9 Å². The van der Waals surface area contributed by atoms with Gasteiger partial charge in [0.1, 0.15) is 6.04 Å².